The van der Waals surface area contributed by atoms with Crippen LogP contribution in [0.2, 0.25) is 0 Å². The number of anilines is 2. The molecule has 2 heterocycles. The molecule has 174 valence electrons. The van der Waals surface area contributed by atoms with Crippen LogP contribution >= 0.6 is 0 Å². The minimum Gasteiger partial charge on any atom is -0.493 e. The molecule has 1 saturated heterocycles. The van der Waals surface area contributed by atoms with Gasteiger partial charge in [-0.2, -0.15) is 0 Å². The maximum absolute atomic E-state index is 12.7. The molecule has 2 amide bonds. The van der Waals surface area contributed by atoms with Crippen LogP contribution in [0.25, 0.3) is 10.9 Å². The number of amides is 2. The van der Waals surface area contributed by atoms with E-state index in [4.69, 9.17) is 9.47 Å². The number of urea groups is 1. The number of nitrogens with zero attached hydrogens (tertiary/aromatic N) is 2. The van der Waals surface area contributed by atoms with Gasteiger partial charge >= 0.3 is 6.03 Å². The van der Waals surface area contributed by atoms with Gasteiger partial charge < -0.3 is 20.1 Å². The van der Waals surface area contributed by atoms with Crippen LogP contribution in [0.15, 0.2) is 36.7 Å². The number of ether oxygens (including phenoxy) is 2. The first-order valence-electron chi connectivity index (χ1n) is 11.3. The van der Waals surface area contributed by atoms with E-state index in [-0.39, 0.29) is 12.1 Å². The Balaban J connectivity index is 1.56. The average molecular weight is 450 g/mol. The number of carbonyl (C=O) groups is 1. The zero-order valence-electron chi connectivity index (χ0n) is 19.6. The molecule has 1 aliphatic rings. The molecule has 3 N–H and O–H groups in total. The maximum Gasteiger partial charge on any atom is 0.324 e. The van der Waals surface area contributed by atoms with Crippen LogP contribution in [0.4, 0.5) is 16.3 Å². The van der Waals surface area contributed by atoms with Crippen molar-refractivity contribution in [3.63, 3.8) is 0 Å². The topological polar surface area (TPSA) is 97.4 Å². The van der Waals surface area contributed by atoms with E-state index in [0.717, 1.165) is 42.7 Å². The smallest absolute Gasteiger partial charge is 0.324 e. The highest BCUT2D eigenvalue weighted by Gasteiger charge is 2.23. The zero-order valence-corrected chi connectivity index (χ0v) is 19.6. The third-order valence-electron chi connectivity index (χ3n) is 6.23. The van der Waals surface area contributed by atoms with Crippen molar-refractivity contribution in [2.45, 2.75) is 39.7 Å². The molecular formula is C25H31N5O3. The Morgan fingerprint density at radius 3 is 2.52 bits per heavy atom. The molecule has 4 rings (SSSR count). The Morgan fingerprint density at radius 2 is 1.82 bits per heavy atom. The highest BCUT2D eigenvalue weighted by Crippen LogP contribution is 2.36. The summed E-state index contributed by atoms with van der Waals surface area (Å²) in [6.45, 7) is 8.05. The van der Waals surface area contributed by atoms with Crippen LogP contribution in [0.1, 0.15) is 30.9 Å². The summed E-state index contributed by atoms with van der Waals surface area (Å²) in [5.41, 5.74) is 3.43. The fourth-order valence-corrected chi connectivity index (χ4v) is 4.29. The van der Waals surface area contributed by atoms with Crippen molar-refractivity contribution < 1.29 is 14.3 Å². The van der Waals surface area contributed by atoms with E-state index in [1.54, 1.807) is 7.11 Å². The molecule has 0 bridgehead atoms. The summed E-state index contributed by atoms with van der Waals surface area (Å²) in [7, 11) is 1.60. The Morgan fingerprint density at radius 1 is 1.09 bits per heavy atom. The molecule has 1 atom stereocenters. The first kappa shape index (κ1) is 22.8. The molecule has 0 radical (unpaired) electrons. The number of nitrogens with one attached hydrogen (secondary N) is 3. The van der Waals surface area contributed by atoms with Gasteiger partial charge in [0.05, 0.1) is 18.7 Å². The molecule has 1 aliphatic heterocycles. The van der Waals surface area contributed by atoms with Crippen LogP contribution in [-0.2, 0) is 0 Å². The number of carbonyl (C=O) groups excluding carboxylic acids is 1. The standard InChI is InChI=1S/C25H31N5O3/c1-15-6-5-7-16(2)23(15)29-25(31)30-24-19-12-21(32-4)22(13-20(19)27-14-28-24)33-17(3)18-8-10-26-11-9-18/h5-7,12-14,17-18,26H,8-11H2,1-4H3,(H2,27,28,29,30,31). The summed E-state index contributed by atoms with van der Waals surface area (Å²) in [6.07, 6.45) is 3.66. The number of para-hydroxylation sites is 1. The summed E-state index contributed by atoms with van der Waals surface area (Å²) >= 11 is 0. The summed E-state index contributed by atoms with van der Waals surface area (Å²) in [4.78, 5) is 21.4. The molecule has 1 fully saturated rings. The monoisotopic (exact) mass is 449 g/mol. The van der Waals surface area contributed by atoms with Gasteiger partial charge in [-0.25, -0.2) is 14.8 Å². The first-order chi connectivity index (χ1) is 16.0. The number of hydrogen-bond donors (Lipinski definition) is 3. The number of hydrogen-bond acceptors (Lipinski definition) is 6. The molecule has 3 aromatic rings. The third-order valence-corrected chi connectivity index (χ3v) is 6.23. The fraction of sp³-hybridized carbons (Fsp3) is 0.400. The van der Waals surface area contributed by atoms with Crippen molar-refractivity contribution in [1.82, 2.24) is 15.3 Å². The van der Waals surface area contributed by atoms with E-state index < -0.39 is 0 Å². The summed E-state index contributed by atoms with van der Waals surface area (Å²) < 4.78 is 11.9. The lowest BCUT2D eigenvalue weighted by atomic mass is 9.93. The number of aryl methyl sites for hydroxylation is 2. The number of methoxy groups -OCH3 is 1. The SMILES string of the molecule is COc1cc2c(NC(=O)Nc3c(C)cccc3C)ncnc2cc1OC(C)C1CCNCC1. The summed E-state index contributed by atoms with van der Waals surface area (Å²) in [5, 5.41) is 9.83. The predicted octanol–water partition coefficient (Wildman–Crippen LogP) is 4.67. The van der Waals surface area contributed by atoms with Crippen LogP contribution in [0, 0.1) is 19.8 Å². The van der Waals surface area contributed by atoms with Gasteiger partial charge in [-0.15, -0.1) is 0 Å². The van der Waals surface area contributed by atoms with Gasteiger partial charge in [0.25, 0.3) is 0 Å². The third kappa shape index (κ3) is 5.17. The van der Waals surface area contributed by atoms with Gasteiger partial charge in [-0.05, 0) is 69.8 Å². The number of benzene rings is 2. The summed E-state index contributed by atoms with van der Waals surface area (Å²) in [5.74, 6) is 2.11. The van der Waals surface area contributed by atoms with Gasteiger partial charge in [0.2, 0.25) is 0 Å². The first-order valence-corrected chi connectivity index (χ1v) is 11.3. The van der Waals surface area contributed by atoms with Gasteiger partial charge in [-0.1, -0.05) is 18.2 Å². The van der Waals surface area contributed by atoms with Crippen molar-refractivity contribution in [3.05, 3.63) is 47.8 Å². The maximum atomic E-state index is 12.7. The van der Waals surface area contributed by atoms with Crippen LogP contribution in [0.3, 0.4) is 0 Å². The minimum absolute atomic E-state index is 0.0565. The molecular weight excluding hydrogens is 418 g/mol. The number of aromatic nitrogens is 2. The van der Waals surface area contributed by atoms with Crippen LogP contribution in [0.5, 0.6) is 11.5 Å². The predicted molar refractivity (Wildman–Crippen MR) is 130 cm³/mol. The van der Waals surface area contributed by atoms with Crippen LogP contribution in [-0.4, -0.2) is 42.3 Å². The second-order valence-electron chi connectivity index (χ2n) is 8.50. The highest BCUT2D eigenvalue weighted by molar-refractivity contribution is 6.05. The van der Waals surface area contributed by atoms with Crippen LogP contribution < -0.4 is 25.4 Å². The Labute approximate surface area is 194 Å². The molecule has 8 heteroatoms. The van der Waals surface area contributed by atoms with E-state index in [9.17, 15) is 4.79 Å². The lowest BCUT2D eigenvalue weighted by molar-refractivity contribution is 0.124. The average Bonchev–Trinajstić information content (AvgIpc) is 2.82. The largest absolute Gasteiger partial charge is 0.493 e. The van der Waals surface area contributed by atoms with Gasteiger partial charge in [-0.3, -0.25) is 5.32 Å². The van der Waals surface area contributed by atoms with Crippen molar-refractivity contribution in [3.8, 4) is 11.5 Å². The van der Waals surface area contributed by atoms with E-state index in [1.165, 1.54) is 6.33 Å². The molecule has 0 spiro atoms. The number of rotatable bonds is 6. The highest BCUT2D eigenvalue weighted by atomic mass is 16.5. The van der Waals surface area contributed by atoms with Crippen molar-refractivity contribution in [1.29, 1.82) is 0 Å². The quantitative estimate of drug-likeness (QED) is 0.506. The van der Waals surface area contributed by atoms with Crippen molar-refractivity contribution in [2.75, 3.05) is 30.8 Å². The second-order valence-corrected chi connectivity index (χ2v) is 8.50. The second kappa shape index (κ2) is 10.0. The van der Waals surface area contributed by atoms with E-state index in [1.807, 2.05) is 44.2 Å². The summed E-state index contributed by atoms with van der Waals surface area (Å²) in [6, 6.07) is 9.17. The Kier molecular flexibility index (Phi) is 6.93. The molecule has 1 unspecified atom stereocenters. The molecule has 1 aromatic heterocycles. The van der Waals surface area contributed by atoms with Gasteiger partial charge in [0.1, 0.15) is 12.1 Å². The van der Waals surface area contributed by atoms with Crippen molar-refractivity contribution >= 4 is 28.4 Å². The lowest BCUT2D eigenvalue weighted by Crippen LogP contribution is -2.35. The minimum atomic E-state index is -0.369. The molecule has 0 saturated carbocycles. The van der Waals surface area contributed by atoms with Gasteiger partial charge in [0.15, 0.2) is 11.5 Å². The molecule has 8 nitrogen and oxygen atoms in total. The number of fused-ring (bicyclic) bond motifs is 1. The van der Waals surface area contributed by atoms with Crippen molar-refractivity contribution in [2.24, 2.45) is 5.92 Å². The molecule has 33 heavy (non-hydrogen) atoms. The Bertz CT molecular complexity index is 1120. The zero-order chi connectivity index (χ0) is 23.4. The normalized spacial score (nSPS) is 15.2. The lowest BCUT2D eigenvalue weighted by Gasteiger charge is -2.29. The van der Waals surface area contributed by atoms with Gasteiger partial charge in [0, 0.05) is 17.1 Å². The Hall–Kier alpha value is -3.39. The molecule has 2 aromatic carbocycles. The number of piperidine rings is 1. The van der Waals surface area contributed by atoms with E-state index in [2.05, 4.69) is 32.8 Å². The molecule has 0 aliphatic carbocycles. The van der Waals surface area contributed by atoms with E-state index >= 15 is 0 Å². The van der Waals surface area contributed by atoms with E-state index in [0.29, 0.717) is 34.1 Å². The fourth-order valence-electron chi connectivity index (χ4n) is 4.29.